The molecule has 138 valence electrons. The molecule has 0 fully saturated rings. The Morgan fingerprint density at radius 3 is 2.42 bits per heavy atom. The van der Waals surface area contributed by atoms with Crippen molar-refractivity contribution in [2.75, 3.05) is 0 Å². The largest absolute Gasteiger partial charge is 0.478 e. The predicted molar refractivity (Wildman–Crippen MR) is 85.2 cm³/mol. The fourth-order valence-corrected chi connectivity index (χ4v) is 1.89. The second-order valence-electron chi connectivity index (χ2n) is 5.04. The van der Waals surface area contributed by atoms with Gasteiger partial charge in [-0.25, -0.2) is 4.39 Å². The molecule has 2 amide bonds. The van der Waals surface area contributed by atoms with Gasteiger partial charge in [0.15, 0.2) is 17.7 Å². The molecule has 0 aromatic heterocycles. The summed E-state index contributed by atoms with van der Waals surface area (Å²) in [5.74, 6) is -2.43. The summed E-state index contributed by atoms with van der Waals surface area (Å²) in [6, 6.07) is 10.6. The Morgan fingerprint density at radius 2 is 1.73 bits per heavy atom. The number of hydrazine groups is 1. The fraction of sp³-hybridized carbons (Fsp3) is 0.176. The van der Waals surface area contributed by atoms with Crippen LogP contribution in [-0.4, -0.2) is 24.5 Å². The number of halogens is 3. The van der Waals surface area contributed by atoms with E-state index in [1.807, 2.05) is 0 Å². The maximum absolute atomic E-state index is 13.5. The van der Waals surface area contributed by atoms with Gasteiger partial charge < -0.3 is 9.47 Å². The molecule has 2 rings (SSSR count). The van der Waals surface area contributed by atoms with E-state index in [1.165, 1.54) is 43.3 Å². The molecule has 0 radical (unpaired) electrons. The number of benzene rings is 2. The van der Waals surface area contributed by atoms with Crippen LogP contribution in [0.15, 0.2) is 48.5 Å². The quantitative estimate of drug-likeness (QED) is 0.769. The predicted octanol–water partition coefficient (Wildman–Crippen LogP) is 2.66. The lowest BCUT2D eigenvalue weighted by Crippen LogP contribution is -2.47. The average Bonchev–Trinajstić information content (AvgIpc) is 2.61. The Hall–Kier alpha value is -3.23. The van der Waals surface area contributed by atoms with E-state index in [0.29, 0.717) is 0 Å². The molecule has 0 unspecified atom stereocenters. The third-order valence-corrected chi connectivity index (χ3v) is 3.13. The minimum absolute atomic E-state index is 0.00822. The second kappa shape index (κ2) is 8.75. The third-order valence-electron chi connectivity index (χ3n) is 3.13. The van der Waals surface area contributed by atoms with Crippen molar-refractivity contribution in [1.29, 1.82) is 0 Å². The van der Waals surface area contributed by atoms with Gasteiger partial charge in [-0.1, -0.05) is 18.2 Å². The molecule has 0 saturated heterocycles. The first-order valence-corrected chi connectivity index (χ1v) is 7.43. The number of carbonyl (C=O) groups is 2. The summed E-state index contributed by atoms with van der Waals surface area (Å²) < 4.78 is 47.2. The van der Waals surface area contributed by atoms with Crippen molar-refractivity contribution >= 4 is 11.8 Å². The first-order chi connectivity index (χ1) is 12.4. The van der Waals surface area contributed by atoms with Gasteiger partial charge >= 0.3 is 6.61 Å². The van der Waals surface area contributed by atoms with E-state index < -0.39 is 30.3 Å². The van der Waals surface area contributed by atoms with Crippen molar-refractivity contribution in [3.8, 4) is 11.5 Å². The number of hydrogen-bond donors (Lipinski definition) is 2. The fourth-order valence-electron chi connectivity index (χ4n) is 1.89. The van der Waals surface area contributed by atoms with E-state index in [2.05, 4.69) is 15.6 Å². The van der Waals surface area contributed by atoms with Crippen LogP contribution in [0.2, 0.25) is 0 Å². The van der Waals surface area contributed by atoms with Gasteiger partial charge in [-0.2, -0.15) is 8.78 Å². The van der Waals surface area contributed by atoms with Crippen molar-refractivity contribution in [2.45, 2.75) is 19.6 Å². The van der Waals surface area contributed by atoms with Gasteiger partial charge in [0.2, 0.25) is 0 Å². The summed E-state index contributed by atoms with van der Waals surface area (Å²) in [5.41, 5.74) is 4.20. The second-order valence-corrected chi connectivity index (χ2v) is 5.04. The van der Waals surface area contributed by atoms with E-state index in [4.69, 9.17) is 4.74 Å². The number of carbonyl (C=O) groups excluding carboxylic acids is 2. The highest BCUT2D eigenvalue weighted by atomic mass is 19.3. The van der Waals surface area contributed by atoms with Crippen LogP contribution in [-0.2, 0) is 4.79 Å². The molecule has 9 heteroatoms. The van der Waals surface area contributed by atoms with Crippen molar-refractivity contribution in [1.82, 2.24) is 10.9 Å². The lowest BCUT2D eigenvalue weighted by atomic mass is 10.2. The highest BCUT2D eigenvalue weighted by molar-refractivity contribution is 5.96. The van der Waals surface area contributed by atoms with Crippen LogP contribution in [0.4, 0.5) is 13.2 Å². The van der Waals surface area contributed by atoms with Gasteiger partial charge in [0.05, 0.1) is 0 Å². The first kappa shape index (κ1) is 19.1. The maximum Gasteiger partial charge on any atom is 0.387 e. The molecule has 26 heavy (non-hydrogen) atoms. The summed E-state index contributed by atoms with van der Waals surface area (Å²) >= 11 is 0. The Bertz CT molecular complexity index is 786. The van der Waals surface area contributed by atoms with Gasteiger partial charge in [-0.05, 0) is 37.3 Å². The number of nitrogens with one attached hydrogen (secondary N) is 2. The van der Waals surface area contributed by atoms with Crippen molar-refractivity contribution in [3.05, 3.63) is 59.9 Å². The molecule has 0 saturated carbocycles. The molecule has 2 aromatic carbocycles. The molecule has 2 N–H and O–H groups in total. The van der Waals surface area contributed by atoms with Crippen molar-refractivity contribution < 1.29 is 32.2 Å². The number of alkyl halides is 2. The van der Waals surface area contributed by atoms with E-state index in [9.17, 15) is 22.8 Å². The van der Waals surface area contributed by atoms with Crippen LogP contribution in [0, 0.1) is 5.82 Å². The molecule has 6 nitrogen and oxygen atoms in total. The van der Waals surface area contributed by atoms with Crippen molar-refractivity contribution in [3.63, 3.8) is 0 Å². The molecule has 0 bridgehead atoms. The molecule has 0 aliphatic heterocycles. The molecule has 0 spiro atoms. The van der Waals surface area contributed by atoms with Crippen LogP contribution in [0.5, 0.6) is 11.5 Å². The zero-order valence-electron chi connectivity index (χ0n) is 13.5. The molecule has 0 aliphatic rings. The molecular weight excluding hydrogens is 353 g/mol. The lowest BCUT2D eigenvalue weighted by Gasteiger charge is -2.15. The van der Waals surface area contributed by atoms with E-state index in [0.717, 1.165) is 6.07 Å². The lowest BCUT2D eigenvalue weighted by molar-refractivity contribution is -0.128. The molecule has 1 atom stereocenters. The average molecular weight is 368 g/mol. The topological polar surface area (TPSA) is 76.7 Å². The number of hydrogen-bond acceptors (Lipinski definition) is 4. The SMILES string of the molecule is C[C@@H](Oc1ccccc1F)C(=O)NNC(=O)c1cccc(OC(F)F)c1. The van der Waals surface area contributed by atoms with Gasteiger partial charge in [-0.15, -0.1) is 0 Å². The van der Waals surface area contributed by atoms with Crippen molar-refractivity contribution in [2.24, 2.45) is 0 Å². The van der Waals surface area contributed by atoms with Gasteiger partial charge in [0.25, 0.3) is 11.8 Å². The Labute approximate surface area is 146 Å². The van der Waals surface area contributed by atoms with Gasteiger partial charge in [-0.3, -0.25) is 20.4 Å². The number of para-hydroxylation sites is 1. The van der Waals surface area contributed by atoms with Crippen LogP contribution in [0.3, 0.4) is 0 Å². The Balaban J connectivity index is 1.90. The van der Waals surface area contributed by atoms with Crippen LogP contribution in [0.1, 0.15) is 17.3 Å². The van der Waals surface area contributed by atoms with Crippen LogP contribution in [0.25, 0.3) is 0 Å². The van der Waals surface area contributed by atoms with Crippen LogP contribution < -0.4 is 20.3 Å². The standard InChI is InChI=1S/C17H15F3N2O4/c1-10(25-14-8-3-2-7-13(14)18)15(23)21-22-16(24)11-5-4-6-12(9-11)26-17(19)20/h2-10,17H,1H3,(H,21,23)(H,22,24)/t10-/m1/s1. The van der Waals surface area contributed by atoms with Gasteiger partial charge in [0.1, 0.15) is 5.75 Å². The number of ether oxygens (including phenoxy) is 2. The number of rotatable bonds is 6. The highest BCUT2D eigenvalue weighted by Gasteiger charge is 2.17. The Morgan fingerprint density at radius 1 is 1.00 bits per heavy atom. The zero-order valence-corrected chi connectivity index (χ0v) is 13.5. The van der Waals surface area contributed by atoms with Gasteiger partial charge in [0, 0.05) is 5.56 Å². The summed E-state index contributed by atoms with van der Waals surface area (Å²) in [5, 5.41) is 0. The minimum atomic E-state index is -3.02. The van der Waals surface area contributed by atoms with E-state index in [-0.39, 0.29) is 17.1 Å². The first-order valence-electron chi connectivity index (χ1n) is 7.43. The van der Waals surface area contributed by atoms with E-state index in [1.54, 1.807) is 6.07 Å². The maximum atomic E-state index is 13.5. The molecule has 0 heterocycles. The summed E-state index contributed by atoms with van der Waals surface area (Å²) in [6.45, 7) is -1.66. The minimum Gasteiger partial charge on any atom is -0.478 e. The summed E-state index contributed by atoms with van der Waals surface area (Å²) in [4.78, 5) is 23.9. The summed E-state index contributed by atoms with van der Waals surface area (Å²) in [6.07, 6.45) is -1.10. The monoisotopic (exact) mass is 368 g/mol. The Kier molecular flexibility index (Phi) is 6.42. The third kappa shape index (κ3) is 5.40. The smallest absolute Gasteiger partial charge is 0.387 e. The highest BCUT2D eigenvalue weighted by Crippen LogP contribution is 2.17. The van der Waals surface area contributed by atoms with E-state index >= 15 is 0 Å². The zero-order chi connectivity index (χ0) is 19.1. The molecular formula is C17H15F3N2O4. The number of amides is 2. The summed E-state index contributed by atoms with van der Waals surface area (Å²) in [7, 11) is 0. The normalized spacial score (nSPS) is 11.6. The van der Waals surface area contributed by atoms with Crippen LogP contribution >= 0.6 is 0 Å². The molecule has 2 aromatic rings. The molecule has 0 aliphatic carbocycles.